The van der Waals surface area contributed by atoms with Crippen molar-refractivity contribution in [3.05, 3.63) is 125 Å². The summed E-state index contributed by atoms with van der Waals surface area (Å²) in [4.78, 5) is 13.6. The molecule has 8 heteroatoms. The largest absolute Gasteiger partial charge is 0.494 e. The quantitative estimate of drug-likeness (QED) is 0.258. The fourth-order valence-electron chi connectivity index (χ4n) is 4.16. The average molecular weight is 549 g/mol. The van der Waals surface area contributed by atoms with Gasteiger partial charge in [-0.1, -0.05) is 66.2 Å². The van der Waals surface area contributed by atoms with E-state index in [1.807, 2.05) is 68.4 Å². The molecule has 6 nitrogen and oxygen atoms in total. The first-order chi connectivity index (χ1) is 18.3. The standard InChI is InChI=1S/C30H29ClN2O4S/c1-3-37-26-17-15-25(16-18-26)33(38(35,36)27-19-13-24(31)14-20-27)21-29(34)32-30(23-10-5-4-6-11-23)28-12-8-7-9-22(28)2/h4-20,30H,3,21H2,1-2H3,(H,32,34)/t30-/m1/s1. The third-order valence-corrected chi connectivity index (χ3v) is 8.10. The van der Waals surface area contributed by atoms with Crippen molar-refractivity contribution < 1.29 is 17.9 Å². The Labute approximate surface area is 228 Å². The number of aryl methyl sites for hydroxylation is 1. The van der Waals surface area contributed by atoms with Crippen LogP contribution >= 0.6 is 11.6 Å². The molecule has 0 aliphatic rings. The number of carbonyl (C=O) groups is 1. The molecule has 0 unspecified atom stereocenters. The van der Waals surface area contributed by atoms with Gasteiger partial charge in [-0.3, -0.25) is 9.10 Å². The van der Waals surface area contributed by atoms with Crippen molar-refractivity contribution in [1.29, 1.82) is 0 Å². The van der Waals surface area contributed by atoms with Crippen molar-refractivity contribution in [1.82, 2.24) is 5.32 Å². The summed E-state index contributed by atoms with van der Waals surface area (Å²) < 4.78 is 34.1. The molecule has 0 spiro atoms. The predicted molar refractivity (Wildman–Crippen MR) is 151 cm³/mol. The number of nitrogens with zero attached hydrogens (tertiary/aromatic N) is 1. The van der Waals surface area contributed by atoms with Gasteiger partial charge < -0.3 is 10.1 Å². The second-order valence-electron chi connectivity index (χ2n) is 8.66. The maximum atomic E-state index is 13.7. The minimum Gasteiger partial charge on any atom is -0.494 e. The van der Waals surface area contributed by atoms with E-state index in [0.29, 0.717) is 23.1 Å². The average Bonchev–Trinajstić information content (AvgIpc) is 2.92. The van der Waals surface area contributed by atoms with E-state index in [1.54, 1.807) is 24.3 Å². The summed E-state index contributed by atoms with van der Waals surface area (Å²) in [6, 6.07) is 29.4. The van der Waals surface area contributed by atoms with Gasteiger partial charge in [0.2, 0.25) is 5.91 Å². The van der Waals surface area contributed by atoms with Crippen LogP contribution in [-0.2, 0) is 14.8 Å². The third kappa shape index (κ3) is 6.36. The first-order valence-electron chi connectivity index (χ1n) is 12.2. The lowest BCUT2D eigenvalue weighted by Crippen LogP contribution is -2.42. The molecule has 0 aliphatic heterocycles. The fraction of sp³-hybridized carbons (Fsp3) is 0.167. The van der Waals surface area contributed by atoms with Crippen LogP contribution in [0.1, 0.15) is 29.7 Å². The first-order valence-corrected chi connectivity index (χ1v) is 14.0. The Morgan fingerprint density at radius 3 is 2.16 bits per heavy atom. The molecule has 196 valence electrons. The number of carbonyl (C=O) groups excluding carboxylic acids is 1. The Kier molecular flexibility index (Phi) is 8.71. The highest BCUT2D eigenvalue weighted by atomic mass is 35.5. The summed E-state index contributed by atoms with van der Waals surface area (Å²) in [5.74, 6) is 0.154. The molecule has 38 heavy (non-hydrogen) atoms. The predicted octanol–water partition coefficient (Wildman–Crippen LogP) is 6.15. The number of amides is 1. The lowest BCUT2D eigenvalue weighted by atomic mass is 9.95. The third-order valence-electron chi connectivity index (χ3n) is 6.06. The van der Waals surface area contributed by atoms with Crippen LogP contribution in [0.2, 0.25) is 5.02 Å². The van der Waals surface area contributed by atoms with Gasteiger partial charge in [0.05, 0.1) is 23.2 Å². The zero-order valence-electron chi connectivity index (χ0n) is 21.2. The Morgan fingerprint density at radius 1 is 0.895 bits per heavy atom. The van der Waals surface area contributed by atoms with Crippen LogP contribution in [0.4, 0.5) is 5.69 Å². The minimum atomic E-state index is -4.09. The zero-order valence-corrected chi connectivity index (χ0v) is 22.7. The Bertz CT molecular complexity index is 1480. The van der Waals surface area contributed by atoms with Gasteiger partial charge in [0.1, 0.15) is 12.3 Å². The summed E-state index contributed by atoms with van der Waals surface area (Å²) in [7, 11) is -4.09. The maximum absolute atomic E-state index is 13.7. The van der Waals surface area contributed by atoms with E-state index in [2.05, 4.69) is 5.32 Å². The number of benzene rings is 4. The summed E-state index contributed by atoms with van der Waals surface area (Å²) in [5, 5.41) is 3.48. The Balaban J connectivity index is 1.69. The van der Waals surface area contributed by atoms with Crippen LogP contribution in [0, 0.1) is 6.92 Å². The molecular weight excluding hydrogens is 520 g/mol. The highest BCUT2D eigenvalue weighted by Gasteiger charge is 2.29. The number of hydrogen-bond acceptors (Lipinski definition) is 4. The number of rotatable bonds is 10. The second kappa shape index (κ2) is 12.2. The number of anilines is 1. The smallest absolute Gasteiger partial charge is 0.264 e. The van der Waals surface area contributed by atoms with Gasteiger partial charge >= 0.3 is 0 Å². The first kappa shape index (κ1) is 27.2. The maximum Gasteiger partial charge on any atom is 0.264 e. The van der Waals surface area contributed by atoms with Crippen molar-refractivity contribution in [2.24, 2.45) is 0 Å². The lowest BCUT2D eigenvalue weighted by molar-refractivity contribution is -0.120. The summed E-state index contributed by atoms with van der Waals surface area (Å²) in [5.41, 5.74) is 3.17. The fourth-order valence-corrected chi connectivity index (χ4v) is 5.70. The molecule has 4 aromatic rings. The molecule has 4 aromatic carbocycles. The van der Waals surface area contributed by atoms with Crippen LogP contribution in [0.25, 0.3) is 0 Å². The monoisotopic (exact) mass is 548 g/mol. The van der Waals surface area contributed by atoms with Crippen molar-refractivity contribution in [2.45, 2.75) is 24.8 Å². The highest BCUT2D eigenvalue weighted by Crippen LogP contribution is 2.28. The number of halogens is 1. The number of sulfonamides is 1. The van der Waals surface area contributed by atoms with Crippen LogP contribution in [-0.4, -0.2) is 27.5 Å². The molecule has 0 saturated carbocycles. The van der Waals surface area contributed by atoms with Gasteiger partial charge in [-0.15, -0.1) is 0 Å². The number of ether oxygens (including phenoxy) is 1. The summed E-state index contributed by atoms with van der Waals surface area (Å²) >= 11 is 5.99. The van der Waals surface area contributed by atoms with E-state index in [9.17, 15) is 13.2 Å². The van der Waals surface area contributed by atoms with Crippen LogP contribution in [0.5, 0.6) is 5.75 Å². The molecule has 1 amide bonds. The molecule has 0 bridgehead atoms. The number of nitrogens with one attached hydrogen (secondary N) is 1. The van der Waals surface area contributed by atoms with Gasteiger partial charge in [-0.2, -0.15) is 0 Å². The van der Waals surface area contributed by atoms with Gasteiger partial charge in [0, 0.05) is 5.02 Å². The normalized spacial score (nSPS) is 12.0. The molecule has 1 atom stereocenters. The SMILES string of the molecule is CCOc1ccc(N(CC(=O)N[C@H](c2ccccc2)c2ccccc2C)S(=O)(=O)c2ccc(Cl)cc2)cc1. The molecular formula is C30H29ClN2O4S. The van der Waals surface area contributed by atoms with E-state index in [0.717, 1.165) is 21.0 Å². The zero-order chi connectivity index (χ0) is 27.1. The molecule has 0 fully saturated rings. The van der Waals surface area contributed by atoms with E-state index >= 15 is 0 Å². The van der Waals surface area contributed by atoms with Crippen molar-refractivity contribution in [3.8, 4) is 5.75 Å². The second-order valence-corrected chi connectivity index (χ2v) is 11.0. The van der Waals surface area contributed by atoms with Gasteiger partial charge in [-0.25, -0.2) is 8.42 Å². The van der Waals surface area contributed by atoms with Crippen LogP contribution in [0.15, 0.2) is 108 Å². The molecule has 0 aliphatic carbocycles. The highest BCUT2D eigenvalue weighted by molar-refractivity contribution is 7.92. The van der Waals surface area contributed by atoms with Gasteiger partial charge in [0.15, 0.2) is 0 Å². The van der Waals surface area contributed by atoms with Crippen molar-refractivity contribution in [2.75, 3.05) is 17.5 Å². The molecule has 0 radical (unpaired) electrons. The Morgan fingerprint density at radius 2 is 1.53 bits per heavy atom. The summed E-state index contributed by atoms with van der Waals surface area (Å²) in [6.07, 6.45) is 0. The Hall–Kier alpha value is -3.81. The van der Waals surface area contributed by atoms with E-state index in [4.69, 9.17) is 16.3 Å². The minimum absolute atomic E-state index is 0.0297. The van der Waals surface area contributed by atoms with Crippen molar-refractivity contribution in [3.63, 3.8) is 0 Å². The molecule has 1 N–H and O–H groups in total. The van der Waals surface area contributed by atoms with Crippen LogP contribution in [0.3, 0.4) is 0 Å². The van der Waals surface area contributed by atoms with E-state index in [1.165, 1.54) is 24.3 Å². The molecule has 0 aromatic heterocycles. The molecule has 4 rings (SSSR count). The van der Waals surface area contributed by atoms with Crippen LogP contribution < -0.4 is 14.4 Å². The van der Waals surface area contributed by atoms with Gasteiger partial charge in [-0.05, 0) is 79.1 Å². The van der Waals surface area contributed by atoms with Crippen molar-refractivity contribution >= 4 is 33.2 Å². The molecule has 0 saturated heterocycles. The van der Waals surface area contributed by atoms with E-state index < -0.39 is 28.5 Å². The van der Waals surface area contributed by atoms with E-state index in [-0.39, 0.29) is 4.90 Å². The lowest BCUT2D eigenvalue weighted by Gasteiger charge is -2.27. The topological polar surface area (TPSA) is 75.7 Å². The van der Waals surface area contributed by atoms with Gasteiger partial charge in [0.25, 0.3) is 10.0 Å². The number of hydrogen-bond donors (Lipinski definition) is 1. The summed E-state index contributed by atoms with van der Waals surface area (Å²) in [6.45, 7) is 3.91. The molecule has 0 heterocycles.